The van der Waals surface area contributed by atoms with Gasteiger partial charge in [-0.15, -0.1) is 11.3 Å². The number of aromatic nitrogens is 1. The van der Waals surface area contributed by atoms with Gasteiger partial charge in [0.15, 0.2) is 16.7 Å². The molecule has 0 spiro atoms. The Labute approximate surface area is 431 Å². The minimum Gasteiger partial charge on any atom is -0.491 e. The molecule has 6 rings (SSSR count). The number of β-amino-alcohol motifs (C(OH)–C–C–N with tert-alkyl or cyclic N) is 1. The number of hydrogen-bond donors (Lipinski definition) is 3. The molecule has 2 saturated heterocycles. The zero-order valence-electron chi connectivity index (χ0n) is 41.8. The van der Waals surface area contributed by atoms with Gasteiger partial charge in [0.1, 0.15) is 24.2 Å². The second-order valence-electron chi connectivity index (χ2n) is 19.6. The quantitative estimate of drug-likeness (QED) is 0.0412. The number of alkyl halides is 3. The molecule has 15 nitrogen and oxygen atoms in total. The second-order valence-corrected chi connectivity index (χ2v) is 20.8. The van der Waals surface area contributed by atoms with Gasteiger partial charge in [-0.1, -0.05) is 45.0 Å². The monoisotopic (exact) mass is 1050 g/mol. The van der Waals surface area contributed by atoms with E-state index in [1.54, 1.807) is 16.8 Å². The smallest absolute Gasteiger partial charge is 0.417 e. The number of thiocarbonyl (C=S) groups is 1. The van der Waals surface area contributed by atoms with Crippen LogP contribution in [0.1, 0.15) is 102 Å². The Kier molecular flexibility index (Phi) is 18.4. The van der Waals surface area contributed by atoms with Gasteiger partial charge in [0.05, 0.1) is 57.7 Å². The Hall–Kier alpha value is -6.05. The molecule has 73 heavy (non-hydrogen) atoms. The molecule has 21 heteroatoms. The van der Waals surface area contributed by atoms with Crippen molar-refractivity contribution in [2.45, 2.75) is 117 Å². The molecule has 0 saturated carbocycles. The maximum absolute atomic E-state index is 15.3. The Morgan fingerprint density at radius 1 is 0.959 bits per heavy atom. The zero-order chi connectivity index (χ0) is 53.4. The highest BCUT2D eigenvalue weighted by Crippen LogP contribution is 2.41. The summed E-state index contributed by atoms with van der Waals surface area (Å²) < 4.78 is 73.4. The normalized spacial score (nSPS) is 17.7. The van der Waals surface area contributed by atoms with Crippen LogP contribution in [0.4, 0.5) is 28.9 Å². The van der Waals surface area contributed by atoms with E-state index in [4.69, 9.17) is 26.4 Å². The summed E-state index contributed by atoms with van der Waals surface area (Å²) in [5, 5.41) is 25.4. The first-order valence-corrected chi connectivity index (χ1v) is 25.2. The van der Waals surface area contributed by atoms with Gasteiger partial charge in [0.25, 0.3) is 5.91 Å². The molecule has 4 atom stereocenters. The molecular weight excluding hydrogens is 991 g/mol. The number of aliphatic hydroxyl groups is 1. The van der Waals surface area contributed by atoms with Crippen molar-refractivity contribution in [1.29, 1.82) is 5.26 Å². The number of rotatable bonds is 21. The molecular formula is C52H61F4N7O8S2. The Morgan fingerprint density at radius 3 is 2.21 bits per heavy atom. The van der Waals surface area contributed by atoms with Gasteiger partial charge in [-0.2, -0.15) is 18.4 Å². The van der Waals surface area contributed by atoms with Crippen molar-refractivity contribution in [2.75, 3.05) is 49.4 Å². The SMILES string of the molecule is Cc1ncsc1-c1ccc([C@H](C)NC(=O)[C@@H]2C[C@@H](O)CN2C(=O)C(NC(=O)COCCCCOCCCCOc2ccc(N3C(=S)N(c4ccc(C#N)c(C(F)(F)F)c4)C(=O)C3(C)C)cc2F)C(C)(C)C)cc1. The number of nitriles is 1. The summed E-state index contributed by atoms with van der Waals surface area (Å²) in [7, 11) is 0. The standard InChI is InChI=1S/C52H61F4N7O8S2/c1-31(33-12-14-34(15-13-33)44-32(2)58-30-73-44)59-46(66)41-26-38(64)28-61(41)47(67)45(50(3,4)5)60-43(65)29-70-22-9-8-20-69-21-10-11-23-71-42-19-18-37(25-40(42)53)63-49(72)62(48(68)51(63,6)7)36-17-16-35(27-57)39(24-36)52(54,55)56/h12-19,24-25,30-31,38,41,45,64H,8-11,20-23,26,28-29H2,1-7H3,(H,59,66)(H,60,65)/t31-,38+,41-,45?/m0/s1. The number of aliphatic hydroxyl groups excluding tert-OH is 1. The number of carbonyl (C=O) groups excluding carboxylic acids is 4. The average Bonchev–Trinajstić information content (AvgIpc) is 4.00. The van der Waals surface area contributed by atoms with Crippen LogP contribution < -0.4 is 25.2 Å². The van der Waals surface area contributed by atoms with Gasteiger partial charge in [-0.05, 0) is 112 Å². The lowest BCUT2D eigenvalue weighted by Gasteiger charge is -2.35. The van der Waals surface area contributed by atoms with Crippen LogP contribution in [0.25, 0.3) is 10.4 Å². The predicted molar refractivity (Wildman–Crippen MR) is 271 cm³/mol. The van der Waals surface area contributed by atoms with E-state index in [9.17, 15) is 42.7 Å². The number of anilines is 2. The maximum atomic E-state index is 15.3. The molecule has 3 heterocycles. The highest BCUT2D eigenvalue weighted by atomic mass is 32.1. The fraction of sp³-hybridized carbons (Fsp3) is 0.481. The Balaban J connectivity index is 0.871. The number of halogens is 4. The summed E-state index contributed by atoms with van der Waals surface area (Å²) in [4.78, 5) is 63.3. The van der Waals surface area contributed by atoms with Crippen LogP contribution in [0.2, 0.25) is 0 Å². The van der Waals surface area contributed by atoms with E-state index in [0.29, 0.717) is 45.0 Å². The third-order valence-corrected chi connectivity index (χ3v) is 13.9. The summed E-state index contributed by atoms with van der Waals surface area (Å²) in [6.45, 7) is 13.2. The predicted octanol–water partition coefficient (Wildman–Crippen LogP) is 8.41. The molecule has 0 aliphatic carbocycles. The molecule has 0 radical (unpaired) electrons. The van der Waals surface area contributed by atoms with Crippen LogP contribution in [-0.4, -0.2) is 107 Å². The summed E-state index contributed by atoms with van der Waals surface area (Å²) in [5.74, 6) is -2.78. The van der Waals surface area contributed by atoms with Gasteiger partial charge in [-0.3, -0.25) is 24.1 Å². The van der Waals surface area contributed by atoms with Crippen molar-refractivity contribution in [3.05, 3.63) is 94.4 Å². The molecule has 4 amide bonds. The average molecular weight is 1050 g/mol. The van der Waals surface area contributed by atoms with Gasteiger partial charge in [0, 0.05) is 44.5 Å². The summed E-state index contributed by atoms with van der Waals surface area (Å²) in [5.41, 5.74) is 0.713. The first kappa shape index (κ1) is 56.2. The molecule has 1 aromatic heterocycles. The van der Waals surface area contributed by atoms with Crippen molar-refractivity contribution in [1.82, 2.24) is 20.5 Å². The number of nitrogens with one attached hydrogen (secondary N) is 2. The summed E-state index contributed by atoms with van der Waals surface area (Å²) in [6, 6.07) is 14.0. The number of hydrogen-bond acceptors (Lipinski definition) is 12. The number of aryl methyl sites for hydroxylation is 1. The minimum atomic E-state index is -4.85. The van der Waals surface area contributed by atoms with Gasteiger partial charge in [0.2, 0.25) is 17.7 Å². The van der Waals surface area contributed by atoms with E-state index in [-0.39, 0.29) is 61.1 Å². The maximum Gasteiger partial charge on any atom is 0.417 e. The highest BCUT2D eigenvalue weighted by molar-refractivity contribution is 7.81. The van der Waals surface area contributed by atoms with Crippen LogP contribution in [-0.2, 0) is 34.8 Å². The fourth-order valence-electron chi connectivity index (χ4n) is 8.59. The lowest BCUT2D eigenvalue weighted by molar-refractivity contribution is -0.144. The van der Waals surface area contributed by atoms with Crippen molar-refractivity contribution in [3.8, 4) is 22.3 Å². The molecule has 4 aromatic rings. The summed E-state index contributed by atoms with van der Waals surface area (Å²) >= 11 is 7.10. The van der Waals surface area contributed by atoms with Gasteiger partial charge in [-0.25, -0.2) is 9.37 Å². The van der Waals surface area contributed by atoms with Crippen molar-refractivity contribution in [3.63, 3.8) is 0 Å². The third kappa shape index (κ3) is 13.6. The highest BCUT2D eigenvalue weighted by Gasteiger charge is 2.51. The largest absolute Gasteiger partial charge is 0.491 e. The van der Waals surface area contributed by atoms with Crippen LogP contribution >= 0.6 is 23.6 Å². The van der Waals surface area contributed by atoms with E-state index in [1.165, 1.54) is 47.9 Å². The van der Waals surface area contributed by atoms with Crippen LogP contribution in [0.5, 0.6) is 5.75 Å². The first-order chi connectivity index (χ1) is 34.4. The van der Waals surface area contributed by atoms with Gasteiger partial charge < -0.3 is 39.8 Å². The second kappa shape index (κ2) is 23.9. The molecule has 0 bridgehead atoms. The molecule has 1 unspecified atom stereocenters. The Morgan fingerprint density at radius 2 is 1.60 bits per heavy atom. The van der Waals surface area contributed by atoms with Crippen LogP contribution in [0, 0.1) is 29.5 Å². The number of amides is 4. The van der Waals surface area contributed by atoms with E-state index >= 15 is 4.39 Å². The number of unbranched alkanes of at least 4 members (excludes halogenated alkanes) is 2. The van der Waals surface area contributed by atoms with E-state index in [2.05, 4.69) is 15.6 Å². The molecule has 3 aromatic carbocycles. The van der Waals surface area contributed by atoms with Crippen molar-refractivity contribution in [2.24, 2.45) is 5.41 Å². The van der Waals surface area contributed by atoms with E-state index in [1.807, 2.05) is 58.9 Å². The number of benzene rings is 3. The van der Waals surface area contributed by atoms with E-state index < -0.39 is 75.9 Å². The third-order valence-electron chi connectivity index (χ3n) is 12.6. The van der Waals surface area contributed by atoms with Crippen LogP contribution in [0.15, 0.2) is 66.2 Å². The van der Waals surface area contributed by atoms with Crippen LogP contribution in [0.3, 0.4) is 0 Å². The topological polar surface area (TPSA) is 187 Å². The first-order valence-electron chi connectivity index (χ1n) is 23.9. The lowest BCUT2D eigenvalue weighted by atomic mass is 9.85. The molecule has 2 fully saturated rings. The number of likely N-dealkylation sites (tertiary alicyclic amines) is 1. The molecule has 2 aliphatic rings. The zero-order valence-corrected chi connectivity index (χ0v) is 43.4. The molecule has 392 valence electrons. The van der Waals surface area contributed by atoms with Crippen molar-refractivity contribution >= 4 is 63.7 Å². The Bertz CT molecular complexity index is 2690. The van der Waals surface area contributed by atoms with Gasteiger partial charge >= 0.3 is 6.18 Å². The number of thiazole rings is 1. The lowest BCUT2D eigenvalue weighted by Crippen LogP contribution is -2.58. The number of carbonyl (C=O) groups is 4. The minimum absolute atomic E-state index is 0.0430. The number of nitrogens with zero attached hydrogens (tertiary/aromatic N) is 5. The molecule has 2 aliphatic heterocycles. The molecule has 3 N–H and O–H groups in total. The fourth-order valence-corrected chi connectivity index (χ4v) is 9.92. The van der Waals surface area contributed by atoms with Crippen molar-refractivity contribution < 1.29 is 56.1 Å². The summed E-state index contributed by atoms with van der Waals surface area (Å²) in [6.07, 6.45) is -3.28. The van der Waals surface area contributed by atoms with E-state index in [0.717, 1.165) is 38.7 Å². The number of ether oxygens (including phenoxy) is 3.